The molecule has 25 heavy (non-hydrogen) atoms. The molecule has 1 aromatic rings. The predicted octanol–water partition coefficient (Wildman–Crippen LogP) is 7.41. The summed E-state index contributed by atoms with van der Waals surface area (Å²) in [4.78, 5) is 0. The SMILES string of the molecule is CCC[CH2][Ge]([CH2]CCC)([CH2]CCC)[CH2][C@@H]1C[C@H](c2ccccc2)CO1. The molecule has 0 spiro atoms. The van der Waals surface area contributed by atoms with Crippen LogP contribution in [0.2, 0.25) is 21.0 Å². The summed E-state index contributed by atoms with van der Waals surface area (Å²) in [5.74, 6) is 0.634. The van der Waals surface area contributed by atoms with Crippen LogP contribution < -0.4 is 0 Å². The molecule has 1 aliphatic heterocycles. The first kappa shape index (κ1) is 21.0. The van der Waals surface area contributed by atoms with Gasteiger partial charge >= 0.3 is 159 Å². The van der Waals surface area contributed by atoms with Crippen molar-refractivity contribution in [2.75, 3.05) is 6.61 Å². The molecule has 0 aromatic heterocycles. The van der Waals surface area contributed by atoms with Gasteiger partial charge in [-0.25, -0.2) is 0 Å². The van der Waals surface area contributed by atoms with Crippen LogP contribution in [0.5, 0.6) is 0 Å². The van der Waals surface area contributed by atoms with E-state index in [-0.39, 0.29) is 0 Å². The van der Waals surface area contributed by atoms with E-state index in [9.17, 15) is 0 Å². The van der Waals surface area contributed by atoms with Gasteiger partial charge in [-0.2, -0.15) is 0 Å². The molecule has 1 saturated heterocycles. The topological polar surface area (TPSA) is 9.23 Å². The van der Waals surface area contributed by atoms with Crippen molar-refractivity contribution in [3.8, 4) is 0 Å². The minimum absolute atomic E-state index is 0.552. The third-order valence-electron chi connectivity index (χ3n) is 6.19. The third-order valence-corrected chi connectivity index (χ3v) is 17.9. The van der Waals surface area contributed by atoms with Crippen LogP contribution in [-0.2, 0) is 4.74 Å². The van der Waals surface area contributed by atoms with Gasteiger partial charge in [-0.05, 0) is 0 Å². The first-order valence-electron chi connectivity index (χ1n) is 10.9. The molecule has 142 valence electrons. The summed E-state index contributed by atoms with van der Waals surface area (Å²) in [6.45, 7) is 8.04. The van der Waals surface area contributed by atoms with E-state index < -0.39 is 13.3 Å². The Bertz CT molecular complexity index is 437. The predicted molar refractivity (Wildman–Crippen MR) is 113 cm³/mol. The first-order valence-corrected chi connectivity index (χ1v) is 16.8. The molecule has 1 aromatic carbocycles. The molecule has 0 amide bonds. The van der Waals surface area contributed by atoms with Gasteiger partial charge in [0.25, 0.3) is 0 Å². The van der Waals surface area contributed by atoms with Crippen LogP contribution in [0.25, 0.3) is 0 Å². The van der Waals surface area contributed by atoms with Gasteiger partial charge in [0.15, 0.2) is 0 Å². The second kappa shape index (κ2) is 11.4. The molecule has 0 N–H and O–H groups in total. The van der Waals surface area contributed by atoms with Crippen LogP contribution in [0.3, 0.4) is 0 Å². The number of hydrogen-bond acceptors (Lipinski definition) is 1. The van der Waals surface area contributed by atoms with E-state index >= 15 is 0 Å². The van der Waals surface area contributed by atoms with Crippen molar-refractivity contribution in [2.24, 2.45) is 0 Å². The summed E-state index contributed by atoms with van der Waals surface area (Å²) in [6.07, 6.45) is 10.3. The fourth-order valence-electron chi connectivity index (χ4n) is 4.62. The van der Waals surface area contributed by atoms with Crippen molar-refractivity contribution in [3.05, 3.63) is 35.9 Å². The quantitative estimate of drug-likeness (QED) is 0.329. The van der Waals surface area contributed by atoms with Crippen molar-refractivity contribution in [3.63, 3.8) is 0 Å². The number of hydrogen-bond donors (Lipinski definition) is 0. The fraction of sp³-hybridized carbons (Fsp3) is 0.739. The van der Waals surface area contributed by atoms with Crippen molar-refractivity contribution < 1.29 is 4.74 Å². The van der Waals surface area contributed by atoms with Crippen LogP contribution in [0.1, 0.15) is 77.2 Å². The number of ether oxygens (including phenoxy) is 1. The Labute approximate surface area is 159 Å². The van der Waals surface area contributed by atoms with Gasteiger partial charge < -0.3 is 0 Å². The normalized spacial score (nSPS) is 20.9. The molecule has 1 nitrogen and oxygen atoms in total. The summed E-state index contributed by atoms with van der Waals surface area (Å²) in [6, 6.07) is 11.0. The Balaban J connectivity index is 2.01. The molecule has 0 radical (unpaired) electrons. The molecule has 0 unspecified atom stereocenters. The summed E-state index contributed by atoms with van der Waals surface area (Å²) in [7, 11) is 0. The Hall–Kier alpha value is -0.277. The molecule has 1 heterocycles. The Morgan fingerprint density at radius 1 is 0.880 bits per heavy atom. The van der Waals surface area contributed by atoms with Crippen LogP contribution in [0, 0.1) is 0 Å². The van der Waals surface area contributed by atoms with Crippen LogP contribution in [0.4, 0.5) is 0 Å². The standard InChI is InChI=1S/C23H40GeO/c1-4-7-15-24(16-8-5-2,17-9-6-3)19-23-18-22(20-25-23)21-13-11-10-12-14-21/h10-14,22-23H,4-9,15-20H2,1-3H3/t22-,23-/m0/s1. The average molecular weight is 405 g/mol. The van der Waals surface area contributed by atoms with Gasteiger partial charge in [0.2, 0.25) is 0 Å². The fourth-order valence-corrected chi connectivity index (χ4v) is 17.1. The van der Waals surface area contributed by atoms with Gasteiger partial charge in [-0.15, -0.1) is 0 Å². The molecule has 1 aliphatic rings. The van der Waals surface area contributed by atoms with Gasteiger partial charge in [-0.3, -0.25) is 0 Å². The van der Waals surface area contributed by atoms with E-state index in [1.165, 1.54) is 55.8 Å². The molecule has 2 atom stereocenters. The summed E-state index contributed by atoms with van der Waals surface area (Å²) >= 11 is -1.78. The molecular weight excluding hydrogens is 365 g/mol. The van der Waals surface area contributed by atoms with E-state index in [1.807, 2.05) is 0 Å². The third kappa shape index (κ3) is 6.75. The summed E-state index contributed by atoms with van der Waals surface area (Å²) in [5, 5.41) is 6.24. The van der Waals surface area contributed by atoms with E-state index in [0.29, 0.717) is 12.0 Å². The van der Waals surface area contributed by atoms with Crippen LogP contribution in [-0.4, -0.2) is 26.0 Å². The van der Waals surface area contributed by atoms with Gasteiger partial charge in [-0.1, -0.05) is 0 Å². The van der Waals surface area contributed by atoms with Gasteiger partial charge in [0.05, 0.1) is 0 Å². The maximum absolute atomic E-state index is 6.36. The van der Waals surface area contributed by atoms with Crippen molar-refractivity contribution >= 4 is 13.3 Å². The van der Waals surface area contributed by atoms with Gasteiger partial charge in [0, 0.05) is 0 Å². The zero-order valence-electron chi connectivity index (χ0n) is 16.9. The molecular formula is C23H40GeO. The Morgan fingerprint density at radius 3 is 1.96 bits per heavy atom. The first-order chi connectivity index (χ1) is 12.2. The van der Waals surface area contributed by atoms with Crippen LogP contribution >= 0.6 is 0 Å². The maximum atomic E-state index is 6.36. The van der Waals surface area contributed by atoms with E-state index in [0.717, 1.165) is 6.61 Å². The van der Waals surface area contributed by atoms with E-state index in [4.69, 9.17) is 4.74 Å². The van der Waals surface area contributed by atoms with Crippen LogP contribution in [0.15, 0.2) is 30.3 Å². The van der Waals surface area contributed by atoms with Crippen molar-refractivity contribution in [1.29, 1.82) is 0 Å². The molecule has 0 bridgehead atoms. The summed E-state index contributed by atoms with van der Waals surface area (Å²) in [5.41, 5.74) is 1.48. The van der Waals surface area contributed by atoms with E-state index in [2.05, 4.69) is 51.1 Å². The van der Waals surface area contributed by atoms with E-state index in [1.54, 1.807) is 15.8 Å². The number of unbranched alkanes of at least 4 members (excludes halogenated alkanes) is 3. The average Bonchev–Trinajstić information content (AvgIpc) is 3.12. The zero-order valence-corrected chi connectivity index (χ0v) is 19.0. The molecule has 2 rings (SSSR count). The van der Waals surface area contributed by atoms with Crippen molar-refractivity contribution in [1.82, 2.24) is 0 Å². The van der Waals surface area contributed by atoms with Gasteiger partial charge in [0.1, 0.15) is 0 Å². The number of benzene rings is 1. The Kier molecular flexibility index (Phi) is 9.62. The summed E-state index contributed by atoms with van der Waals surface area (Å²) < 4.78 is 6.36. The Morgan fingerprint density at radius 2 is 1.44 bits per heavy atom. The molecule has 1 fully saturated rings. The minimum atomic E-state index is -1.78. The second-order valence-electron chi connectivity index (χ2n) is 8.31. The molecule has 0 saturated carbocycles. The zero-order chi connectivity index (χ0) is 18.0. The second-order valence-corrected chi connectivity index (χ2v) is 18.6. The molecule has 2 heteroatoms. The monoisotopic (exact) mass is 406 g/mol. The van der Waals surface area contributed by atoms with Crippen molar-refractivity contribution in [2.45, 2.75) is 98.8 Å². The number of rotatable bonds is 12. The molecule has 0 aliphatic carbocycles.